The number of β-lactam (4-membered cyclic amide) rings is 1. The number of hydrogen-bond acceptors (Lipinski definition) is 3. The van der Waals surface area contributed by atoms with Crippen LogP contribution in [0.15, 0.2) is 24.3 Å². The molecule has 0 aromatic heterocycles. The number of benzene rings is 1. The van der Waals surface area contributed by atoms with Crippen LogP contribution in [0.5, 0.6) is 5.75 Å². The molecule has 1 amide bonds. The van der Waals surface area contributed by atoms with Crippen molar-refractivity contribution in [3.05, 3.63) is 24.3 Å². The molecule has 1 saturated heterocycles. The molecular formula is C12H12F3NO3. The normalized spacial score (nSPS) is 27.2. The number of carbonyl (C=O) groups is 1. The lowest BCUT2D eigenvalue weighted by atomic mass is 9.83. The number of amides is 1. The van der Waals surface area contributed by atoms with Gasteiger partial charge in [-0.3, -0.25) is 9.69 Å². The summed E-state index contributed by atoms with van der Waals surface area (Å²) >= 11 is 0. The molecule has 1 aromatic rings. The highest BCUT2D eigenvalue weighted by Crippen LogP contribution is 2.44. The fraction of sp³-hybridized carbons (Fsp3) is 0.417. The van der Waals surface area contributed by atoms with E-state index in [9.17, 15) is 23.1 Å². The zero-order valence-electron chi connectivity index (χ0n) is 10.2. The Morgan fingerprint density at radius 1 is 1.32 bits per heavy atom. The van der Waals surface area contributed by atoms with Gasteiger partial charge in [0.25, 0.3) is 5.91 Å². The Balaban J connectivity index is 2.35. The number of hydrogen-bond donors (Lipinski definition) is 1. The van der Waals surface area contributed by atoms with Crippen molar-refractivity contribution in [2.24, 2.45) is 0 Å². The highest BCUT2D eigenvalue weighted by Gasteiger charge is 2.68. The van der Waals surface area contributed by atoms with Crippen LogP contribution in [-0.4, -0.2) is 35.9 Å². The molecular weight excluding hydrogens is 263 g/mol. The third-order valence-electron chi connectivity index (χ3n) is 3.10. The Morgan fingerprint density at radius 3 is 2.26 bits per heavy atom. The van der Waals surface area contributed by atoms with Gasteiger partial charge in [0.1, 0.15) is 5.75 Å². The molecule has 1 aliphatic heterocycles. The summed E-state index contributed by atoms with van der Waals surface area (Å²) in [5, 5.41) is 9.57. The van der Waals surface area contributed by atoms with E-state index in [1.165, 1.54) is 31.4 Å². The van der Waals surface area contributed by atoms with E-state index >= 15 is 0 Å². The van der Waals surface area contributed by atoms with Crippen LogP contribution in [0.3, 0.4) is 0 Å². The van der Waals surface area contributed by atoms with Gasteiger partial charge < -0.3 is 9.84 Å². The fourth-order valence-electron chi connectivity index (χ4n) is 2.14. The minimum absolute atomic E-state index is 0.0691. The standard InChI is InChI=1S/C12H12F3NO3/c1-11(18)9(12(13,14)15)16(10(11)17)7-3-5-8(19-2)6-4-7/h3-6,9,18H,1-2H3/t9-,11+/m0/s1. The molecule has 2 rings (SSSR count). The molecule has 7 heteroatoms. The molecule has 0 spiro atoms. The maximum atomic E-state index is 12.9. The summed E-state index contributed by atoms with van der Waals surface area (Å²) in [5.41, 5.74) is -2.35. The molecule has 19 heavy (non-hydrogen) atoms. The van der Waals surface area contributed by atoms with Gasteiger partial charge in [0.15, 0.2) is 11.6 Å². The average Bonchev–Trinajstić information content (AvgIpc) is 2.33. The summed E-state index contributed by atoms with van der Waals surface area (Å²) in [6.07, 6.45) is -4.70. The molecule has 0 unspecified atom stereocenters. The van der Waals surface area contributed by atoms with E-state index in [0.29, 0.717) is 10.6 Å². The number of carbonyl (C=O) groups excluding carboxylic acids is 1. The molecule has 1 N–H and O–H groups in total. The van der Waals surface area contributed by atoms with Crippen molar-refractivity contribution >= 4 is 11.6 Å². The summed E-state index contributed by atoms with van der Waals surface area (Å²) in [6, 6.07) is 3.34. The van der Waals surface area contributed by atoms with Crippen LogP contribution < -0.4 is 9.64 Å². The zero-order chi connectivity index (χ0) is 14.4. The second kappa shape index (κ2) is 4.12. The predicted molar refractivity (Wildman–Crippen MR) is 60.9 cm³/mol. The summed E-state index contributed by atoms with van der Waals surface area (Å²) in [6.45, 7) is 0.869. The monoisotopic (exact) mass is 275 g/mol. The number of halogens is 3. The van der Waals surface area contributed by atoms with Crippen LogP contribution in [-0.2, 0) is 4.79 Å². The highest BCUT2D eigenvalue weighted by atomic mass is 19.4. The highest BCUT2D eigenvalue weighted by molar-refractivity contribution is 6.08. The zero-order valence-corrected chi connectivity index (χ0v) is 10.2. The fourth-order valence-corrected chi connectivity index (χ4v) is 2.14. The largest absolute Gasteiger partial charge is 0.497 e. The van der Waals surface area contributed by atoms with E-state index < -0.39 is 23.7 Å². The van der Waals surface area contributed by atoms with Gasteiger partial charge in [-0.25, -0.2) is 0 Å². The minimum atomic E-state index is -4.70. The van der Waals surface area contributed by atoms with Crippen LogP contribution in [0.4, 0.5) is 18.9 Å². The van der Waals surface area contributed by atoms with Gasteiger partial charge in [0.05, 0.1) is 7.11 Å². The van der Waals surface area contributed by atoms with Gasteiger partial charge in [0.2, 0.25) is 0 Å². The van der Waals surface area contributed by atoms with Gasteiger partial charge in [0, 0.05) is 5.69 Å². The van der Waals surface area contributed by atoms with Crippen LogP contribution >= 0.6 is 0 Å². The molecule has 4 nitrogen and oxygen atoms in total. The topological polar surface area (TPSA) is 49.8 Å². The van der Waals surface area contributed by atoms with Crippen LogP contribution in [0.2, 0.25) is 0 Å². The van der Waals surface area contributed by atoms with Crippen molar-refractivity contribution in [2.45, 2.75) is 24.7 Å². The Hall–Kier alpha value is -1.76. The maximum absolute atomic E-state index is 12.9. The Labute approximate surface area is 107 Å². The van der Waals surface area contributed by atoms with E-state index in [0.717, 1.165) is 6.92 Å². The van der Waals surface area contributed by atoms with Gasteiger partial charge in [-0.05, 0) is 31.2 Å². The molecule has 0 saturated carbocycles. The SMILES string of the molecule is COc1ccc(N2C(=O)[C@](C)(O)[C@H]2C(F)(F)F)cc1. The summed E-state index contributed by atoms with van der Waals surface area (Å²) in [7, 11) is 1.42. The maximum Gasteiger partial charge on any atom is 0.412 e. The van der Waals surface area contributed by atoms with E-state index in [1.807, 2.05) is 0 Å². The van der Waals surface area contributed by atoms with Crippen molar-refractivity contribution in [1.82, 2.24) is 0 Å². The van der Waals surface area contributed by atoms with E-state index in [2.05, 4.69) is 0 Å². The number of anilines is 1. The molecule has 1 fully saturated rings. The average molecular weight is 275 g/mol. The number of methoxy groups -OCH3 is 1. The third kappa shape index (κ3) is 2.03. The molecule has 0 bridgehead atoms. The van der Waals surface area contributed by atoms with E-state index in [4.69, 9.17) is 4.74 Å². The second-order valence-electron chi connectivity index (χ2n) is 4.46. The summed E-state index contributed by atoms with van der Waals surface area (Å²) in [4.78, 5) is 12.2. The lowest BCUT2D eigenvalue weighted by Crippen LogP contribution is -2.77. The summed E-state index contributed by atoms with van der Waals surface area (Å²) in [5.74, 6) is -0.507. The van der Waals surface area contributed by atoms with Crippen LogP contribution in [0.1, 0.15) is 6.92 Å². The van der Waals surface area contributed by atoms with E-state index in [1.54, 1.807) is 0 Å². The summed E-state index contributed by atoms with van der Waals surface area (Å²) < 4.78 is 43.5. The molecule has 2 atom stereocenters. The van der Waals surface area contributed by atoms with Crippen molar-refractivity contribution in [2.75, 3.05) is 12.0 Å². The van der Waals surface area contributed by atoms with Gasteiger partial charge in [-0.1, -0.05) is 0 Å². The lowest BCUT2D eigenvalue weighted by Gasteiger charge is -2.51. The second-order valence-corrected chi connectivity index (χ2v) is 4.46. The van der Waals surface area contributed by atoms with E-state index in [-0.39, 0.29) is 5.69 Å². The predicted octanol–water partition coefficient (Wildman–Crippen LogP) is 1.72. The number of ether oxygens (including phenoxy) is 1. The molecule has 1 heterocycles. The van der Waals surface area contributed by atoms with Gasteiger partial charge in [-0.15, -0.1) is 0 Å². The van der Waals surface area contributed by atoms with Crippen LogP contribution in [0, 0.1) is 0 Å². The lowest BCUT2D eigenvalue weighted by molar-refractivity contribution is -0.215. The number of rotatable bonds is 2. The Morgan fingerprint density at radius 2 is 1.84 bits per heavy atom. The molecule has 0 radical (unpaired) electrons. The minimum Gasteiger partial charge on any atom is -0.497 e. The molecule has 104 valence electrons. The molecule has 1 aromatic carbocycles. The first kappa shape index (κ1) is 13.7. The van der Waals surface area contributed by atoms with Crippen LogP contribution in [0.25, 0.3) is 0 Å². The number of aliphatic hydroxyl groups is 1. The Kier molecular flexibility index (Phi) is 2.97. The first-order chi connectivity index (χ1) is 8.69. The molecule has 0 aliphatic carbocycles. The smallest absolute Gasteiger partial charge is 0.412 e. The van der Waals surface area contributed by atoms with Crippen molar-refractivity contribution < 1.29 is 27.8 Å². The van der Waals surface area contributed by atoms with Crippen molar-refractivity contribution in [3.63, 3.8) is 0 Å². The quantitative estimate of drug-likeness (QED) is 0.836. The third-order valence-corrected chi connectivity index (χ3v) is 3.10. The molecule has 1 aliphatic rings. The van der Waals surface area contributed by atoms with Crippen molar-refractivity contribution in [3.8, 4) is 5.75 Å². The van der Waals surface area contributed by atoms with Crippen molar-refractivity contribution in [1.29, 1.82) is 0 Å². The van der Waals surface area contributed by atoms with Gasteiger partial charge >= 0.3 is 6.18 Å². The van der Waals surface area contributed by atoms with Gasteiger partial charge in [-0.2, -0.15) is 13.2 Å². The first-order valence-corrected chi connectivity index (χ1v) is 5.46. The first-order valence-electron chi connectivity index (χ1n) is 5.46. The number of nitrogens with zero attached hydrogens (tertiary/aromatic N) is 1. The Bertz CT molecular complexity index is 496. The number of alkyl halides is 3.